The van der Waals surface area contributed by atoms with Gasteiger partial charge in [-0.3, -0.25) is 4.79 Å². The molecule has 2 N–H and O–H groups in total. The van der Waals surface area contributed by atoms with E-state index in [9.17, 15) is 18.8 Å². The molecule has 0 radical (unpaired) electrons. The maximum atomic E-state index is 14.0. The van der Waals surface area contributed by atoms with Crippen molar-refractivity contribution in [3.63, 3.8) is 0 Å². The number of hydrazine groups is 1. The van der Waals surface area contributed by atoms with Gasteiger partial charge in [0, 0.05) is 11.1 Å². The van der Waals surface area contributed by atoms with Crippen LogP contribution in [0.4, 0.5) is 8.78 Å². The average Bonchev–Trinajstić information content (AvgIpc) is 3.13. The third kappa shape index (κ3) is 4.67. The van der Waals surface area contributed by atoms with Gasteiger partial charge in [-0.25, -0.2) is 19.2 Å². The molecule has 174 valence electrons. The van der Waals surface area contributed by atoms with Gasteiger partial charge in [0.25, 0.3) is 5.91 Å². The van der Waals surface area contributed by atoms with Crippen molar-refractivity contribution in [1.82, 2.24) is 15.8 Å². The van der Waals surface area contributed by atoms with Crippen LogP contribution in [0.5, 0.6) is 0 Å². The summed E-state index contributed by atoms with van der Waals surface area (Å²) in [4.78, 5) is 13.2. The van der Waals surface area contributed by atoms with Gasteiger partial charge in [-0.05, 0) is 55.3 Å². The Balaban J connectivity index is 1.57. The van der Waals surface area contributed by atoms with Crippen molar-refractivity contribution in [2.45, 2.75) is 32.5 Å². The van der Waals surface area contributed by atoms with Crippen LogP contribution < -0.4 is 10.7 Å². The number of amides is 1. The average molecular weight is 483 g/mol. The van der Waals surface area contributed by atoms with Gasteiger partial charge in [0.1, 0.15) is 24.3 Å². The van der Waals surface area contributed by atoms with Gasteiger partial charge in [0.2, 0.25) is 5.88 Å². The summed E-state index contributed by atoms with van der Waals surface area (Å²) in [5, 5.41) is 14.4. The highest BCUT2D eigenvalue weighted by molar-refractivity contribution is 6.30. The van der Waals surface area contributed by atoms with E-state index in [0.717, 1.165) is 5.57 Å². The maximum Gasteiger partial charge on any atom is 0.252 e. The Kier molecular flexibility index (Phi) is 6.68. The van der Waals surface area contributed by atoms with Gasteiger partial charge in [-0.1, -0.05) is 29.8 Å². The maximum absolute atomic E-state index is 14.0. The molecular weight excluding hydrogens is 462 g/mol. The van der Waals surface area contributed by atoms with Crippen LogP contribution in [-0.4, -0.2) is 17.0 Å². The number of ether oxygens (including phenoxy) is 1. The number of halogens is 3. The topological polar surface area (TPSA) is 77.4 Å². The highest BCUT2D eigenvalue weighted by atomic mass is 35.5. The van der Waals surface area contributed by atoms with E-state index in [1.807, 2.05) is 6.92 Å². The molecule has 34 heavy (non-hydrogen) atoms. The minimum Gasteiger partial charge on any atom is -0.473 e. The Bertz CT molecular complexity index is 1240. The number of benzene rings is 2. The van der Waals surface area contributed by atoms with E-state index < -0.39 is 29.6 Å². The molecule has 2 aromatic carbocycles. The molecule has 2 atom stereocenters. The predicted octanol–water partition coefficient (Wildman–Crippen LogP) is 4.78. The second-order valence-electron chi connectivity index (χ2n) is 7.93. The van der Waals surface area contributed by atoms with E-state index in [4.69, 9.17) is 16.3 Å². The molecule has 0 saturated heterocycles. The highest BCUT2D eigenvalue weighted by Gasteiger charge is 2.36. The summed E-state index contributed by atoms with van der Waals surface area (Å²) in [5.41, 5.74) is 5.26. The molecular formula is C25H21ClF2N4O2. The van der Waals surface area contributed by atoms with Gasteiger partial charge in [-0.2, -0.15) is 5.26 Å². The first kappa shape index (κ1) is 23.5. The van der Waals surface area contributed by atoms with E-state index in [0.29, 0.717) is 27.7 Å². The van der Waals surface area contributed by atoms with Gasteiger partial charge in [0.15, 0.2) is 0 Å². The number of hydrogen-bond acceptors (Lipinski definition) is 5. The Morgan fingerprint density at radius 2 is 1.91 bits per heavy atom. The van der Waals surface area contributed by atoms with Crippen LogP contribution in [0.1, 0.15) is 31.0 Å². The zero-order valence-corrected chi connectivity index (χ0v) is 19.2. The third-order valence-corrected chi connectivity index (χ3v) is 5.74. The Morgan fingerprint density at radius 3 is 2.56 bits per heavy atom. The molecule has 2 aliphatic rings. The van der Waals surface area contributed by atoms with Crippen molar-refractivity contribution < 1.29 is 18.3 Å². The van der Waals surface area contributed by atoms with Crippen LogP contribution in [-0.2, 0) is 16.1 Å². The molecule has 0 spiro atoms. The number of nitrogens with zero attached hydrogens (tertiary/aromatic N) is 2. The number of rotatable bonds is 6. The molecule has 0 aliphatic carbocycles. The first-order valence-corrected chi connectivity index (χ1v) is 10.9. The Labute approximate surface area is 200 Å². The minimum absolute atomic E-state index is 0.189. The number of fused-ring (bicyclic) bond motifs is 1. The molecule has 4 rings (SSSR count). The van der Waals surface area contributed by atoms with Crippen molar-refractivity contribution in [2.24, 2.45) is 0 Å². The van der Waals surface area contributed by atoms with Gasteiger partial charge in [0.05, 0.1) is 28.9 Å². The standard InChI is InChI=1S/C25H21ClF2N4O2/c1-14-10-22-24(25(33)30-21(12-29)16-6-8-17(26)9-7-16)15(2)31-32(22)23(11-14)34-13-18-19(27)4-3-5-20(18)28/h3-11,15,21,31H,13H2,1-2H3,(H,30,33). The smallest absolute Gasteiger partial charge is 0.252 e. The summed E-state index contributed by atoms with van der Waals surface area (Å²) in [7, 11) is 0. The fourth-order valence-electron chi connectivity index (χ4n) is 3.80. The van der Waals surface area contributed by atoms with Crippen LogP contribution in [0.2, 0.25) is 5.02 Å². The summed E-state index contributed by atoms with van der Waals surface area (Å²) in [6.45, 7) is 3.29. The van der Waals surface area contributed by atoms with Gasteiger partial charge >= 0.3 is 0 Å². The molecule has 2 heterocycles. The zero-order chi connectivity index (χ0) is 24.4. The largest absolute Gasteiger partial charge is 0.473 e. The van der Waals surface area contributed by atoms with Crippen molar-refractivity contribution in [1.29, 1.82) is 5.26 Å². The van der Waals surface area contributed by atoms with Crippen LogP contribution >= 0.6 is 11.6 Å². The molecule has 0 fully saturated rings. The summed E-state index contributed by atoms with van der Waals surface area (Å²) in [6.07, 6.45) is 3.50. The number of nitrogens with one attached hydrogen (secondary N) is 2. The van der Waals surface area contributed by atoms with Gasteiger partial charge in [-0.15, -0.1) is 0 Å². The van der Waals surface area contributed by atoms with E-state index in [-0.39, 0.29) is 12.2 Å². The molecule has 6 nitrogen and oxygen atoms in total. The Hall–Kier alpha value is -3.67. The second-order valence-corrected chi connectivity index (χ2v) is 8.37. The van der Waals surface area contributed by atoms with E-state index >= 15 is 0 Å². The van der Waals surface area contributed by atoms with Gasteiger partial charge < -0.3 is 10.1 Å². The van der Waals surface area contributed by atoms with Crippen LogP contribution in [0.3, 0.4) is 0 Å². The summed E-state index contributed by atoms with van der Waals surface area (Å²) < 4.78 is 33.8. The first-order valence-electron chi connectivity index (χ1n) is 10.5. The number of carbonyl (C=O) groups is 1. The first-order chi connectivity index (χ1) is 16.3. The van der Waals surface area contributed by atoms with E-state index in [2.05, 4.69) is 16.8 Å². The van der Waals surface area contributed by atoms with Crippen molar-refractivity contribution in [3.8, 4) is 6.07 Å². The molecule has 0 aromatic heterocycles. The van der Waals surface area contributed by atoms with E-state index in [1.54, 1.807) is 48.4 Å². The minimum atomic E-state index is -0.872. The van der Waals surface area contributed by atoms with Crippen LogP contribution in [0, 0.1) is 23.0 Å². The number of nitriles is 1. The van der Waals surface area contributed by atoms with E-state index in [1.165, 1.54) is 18.2 Å². The summed E-state index contributed by atoms with van der Waals surface area (Å²) in [5.74, 6) is -1.54. The number of carbonyl (C=O) groups excluding carboxylic acids is 1. The van der Waals surface area contributed by atoms with Crippen molar-refractivity contribution in [3.05, 3.63) is 105 Å². The lowest BCUT2D eigenvalue weighted by molar-refractivity contribution is -0.118. The molecule has 0 bridgehead atoms. The molecule has 2 unspecified atom stereocenters. The molecule has 2 aromatic rings. The summed E-state index contributed by atoms with van der Waals surface area (Å²) in [6, 6.07) is 11.1. The fraction of sp³-hybridized carbons (Fsp3) is 0.200. The van der Waals surface area contributed by atoms with Crippen molar-refractivity contribution >= 4 is 17.5 Å². The number of allylic oxidation sites excluding steroid dienone is 3. The molecule has 1 amide bonds. The second kappa shape index (κ2) is 9.67. The third-order valence-electron chi connectivity index (χ3n) is 5.49. The summed E-state index contributed by atoms with van der Waals surface area (Å²) >= 11 is 5.92. The Morgan fingerprint density at radius 1 is 1.24 bits per heavy atom. The number of hydrogen-bond donors (Lipinski definition) is 2. The predicted molar refractivity (Wildman–Crippen MR) is 122 cm³/mol. The lowest BCUT2D eigenvalue weighted by Gasteiger charge is -2.27. The normalized spacial score (nSPS) is 18.0. The lowest BCUT2D eigenvalue weighted by atomic mass is 10.0. The molecule has 0 saturated carbocycles. The quantitative estimate of drug-likeness (QED) is 0.619. The fourth-order valence-corrected chi connectivity index (χ4v) is 3.93. The lowest BCUT2D eigenvalue weighted by Crippen LogP contribution is -2.38. The molecule has 9 heteroatoms. The molecule has 2 aliphatic heterocycles. The van der Waals surface area contributed by atoms with Crippen LogP contribution in [0.15, 0.2) is 77.3 Å². The highest BCUT2D eigenvalue weighted by Crippen LogP contribution is 2.32. The zero-order valence-electron chi connectivity index (χ0n) is 18.4. The SMILES string of the molecule is CC1=CC2=C(C(=O)NC(C#N)c3ccc(Cl)cc3)C(C)NN2C(OCc2c(F)cccc2F)=C1. The van der Waals surface area contributed by atoms with Crippen molar-refractivity contribution in [2.75, 3.05) is 0 Å². The van der Waals surface area contributed by atoms with Crippen LogP contribution in [0.25, 0.3) is 0 Å². The monoisotopic (exact) mass is 482 g/mol.